The summed E-state index contributed by atoms with van der Waals surface area (Å²) in [5, 5.41) is 1.84. The molecule has 0 bridgehead atoms. The summed E-state index contributed by atoms with van der Waals surface area (Å²) in [6.45, 7) is -0.979. The molecule has 0 atom stereocenters. The lowest BCUT2D eigenvalue weighted by Gasteiger charge is -2.10. The second kappa shape index (κ2) is 7.46. The summed E-state index contributed by atoms with van der Waals surface area (Å²) >= 11 is 0. The van der Waals surface area contributed by atoms with E-state index in [1.54, 1.807) is 0 Å². The summed E-state index contributed by atoms with van der Waals surface area (Å²) in [4.78, 5) is 23.3. The maximum atomic E-state index is 13.4. The van der Waals surface area contributed by atoms with E-state index in [1.165, 1.54) is 0 Å². The van der Waals surface area contributed by atoms with Crippen LogP contribution in [0.5, 0.6) is 0 Å². The van der Waals surface area contributed by atoms with Gasteiger partial charge in [0.2, 0.25) is 0 Å². The molecule has 1 N–H and O–H groups in total. The second-order valence-corrected chi connectivity index (χ2v) is 4.93. The van der Waals surface area contributed by atoms with Gasteiger partial charge in [-0.2, -0.15) is 13.2 Å². The van der Waals surface area contributed by atoms with Gasteiger partial charge < -0.3 is 10.1 Å². The molecule has 26 heavy (non-hydrogen) atoms. The first kappa shape index (κ1) is 19.3. The van der Waals surface area contributed by atoms with Crippen molar-refractivity contribution < 1.29 is 40.7 Å². The third-order valence-corrected chi connectivity index (χ3v) is 3.07. The number of nitrogens with one attached hydrogen (secondary N) is 1. The zero-order valence-electron chi connectivity index (χ0n) is 12.7. The number of carbonyl (C=O) groups excluding carboxylic acids is 2. The Kier molecular flexibility index (Phi) is 5.53. The summed E-state index contributed by atoms with van der Waals surface area (Å²) in [6.07, 6.45) is -4.67. The number of alkyl halides is 3. The van der Waals surface area contributed by atoms with Crippen LogP contribution in [-0.2, 0) is 15.7 Å². The van der Waals surface area contributed by atoms with Gasteiger partial charge in [-0.25, -0.2) is 18.0 Å². The van der Waals surface area contributed by atoms with E-state index in [-0.39, 0.29) is 0 Å². The van der Waals surface area contributed by atoms with Gasteiger partial charge in [-0.1, -0.05) is 6.07 Å². The topological polar surface area (TPSA) is 55.4 Å². The molecule has 0 unspecified atom stereocenters. The van der Waals surface area contributed by atoms with E-state index in [0.717, 1.165) is 24.3 Å². The number of esters is 1. The van der Waals surface area contributed by atoms with Crippen LogP contribution in [0.2, 0.25) is 0 Å². The molecule has 1 amide bonds. The molecule has 0 aliphatic carbocycles. The smallest absolute Gasteiger partial charge is 0.416 e. The number of rotatable bonds is 4. The minimum absolute atomic E-state index is 0.452. The Bertz CT molecular complexity index is 850. The molecule has 2 aromatic rings. The fourth-order valence-electron chi connectivity index (χ4n) is 1.85. The van der Waals surface area contributed by atoms with Crippen LogP contribution < -0.4 is 5.32 Å². The van der Waals surface area contributed by atoms with Crippen molar-refractivity contribution >= 4 is 17.6 Å². The van der Waals surface area contributed by atoms with Gasteiger partial charge in [-0.3, -0.25) is 4.79 Å². The summed E-state index contributed by atoms with van der Waals surface area (Å²) in [7, 11) is 0. The molecule has 0 aliphatic rings. The normalized spacial score (nSPS) is 11.2. The van der Waals surface area contributed by atoms with Crippen molar-refractivity contribution in [1.82, 2.24) is 0 Å². The van der Waals surface area contributed by atoms with Crippen LogP contribution >= 0.6 is 0 Å². The number of carbonyl (C=O) groups is 2. The van der Waals surface area contributed by atoms with E-state index in [0.29, 0.717) is 12.1 Å². The Morgan fingerprint density at radius 1 is 1.00 bits per heavy atom. The number of hydrogen-bond donors (Lipinski definition) is 1. The molecule has 0 heterocycles. The number of benzene rings is 2. The molecular formula is C16H9F6NO3. The summed E-state index contributed by atoms with van der Waals surface area (Å²) in [5.74, 6) is -7.24. The second-order valence-electron chi connectivity index (χ2n) is 4.93. The highest BCUT2D eigenvalue weighted by Crippen LogP contribution is 2.29. The molecular weight excluding hydrogens is 368 g/mol. The predicted octanol–water partition coefficient (Wildman–Crippen LogP) is 3.92. The minimum atomic E-state index is -4.67. The quantitative estimate of drug-likeness (QED) is 0.499. The zero-order valence-corrected chi connectivity index (χ0v) is 12.7. The average molecular weight is 377 g/mol. The molecule has 10 heteroatoms. The Hall–Kier alpha value is -3.04. The molecule has 0 aromatic heterocycles. The highest BCUT2D eigenvalue weighted by atomic mass is 19.4. The number of anilines is 1. The molecule has 0 saturated carbocycles. The first-order valence-electron chi connectivity index (χ1n) is 6.87. The first-order chi connectivity index (χ1) is 12.1. The molecule has 0 aliphatic heterocycles. The van der Waals surface area contributed by atoms with Gasteiger partial charge in [0.15, 0.2) is 24.1 Å². The monoisotopic (exact) mass is 377 g/mol. The highest BCUT2D eigenvalue weighted by Gasteiger charge is 2.31. The molecule has 0 radical (unpaired) electrons. The van der Waals surface area contributed by atoms with E-state index in [2.05, 4.69) is 4.74 Å². The lowest BCUT2D eigenvalue weighted by molar-refractivity contribution is -0.137. The van der Waals surface area contributed by atoms with E-state index in [1.807, 2.05) is 5.32 Å². The van der Waals surface area contributed by atoms with Gasteiger partial charge in [0.25, 0.3) is 5.91 Å². The van der Waals surface area contributed by atoms with Crippen LogP contribution in [0.4, 0.5) is 32.0 Å². The van der Waals surface area contributed by atoms with E-state index < -0.39 is 58.9 Å². The van der Waals surface area contributed by atoms with Crippen LogP contribution in [-0.4, -0.2) is 18.5 Å². The molecule has 0 spiro atoms. The zero-order chi connectivity index (χ0) is 19.5. The standard InChI is InChI=1S/C16H9F6NO3/c17-10-4-5-11(14(19)13(10)18)23-12(24)7-26-15(25)8-2-1-3-9(6-8)16(20,21)22/h1-6H,7H2,(H,23,24). The number of halogens is 6. The molecule has 4 nitrogen and oxygen atoms in total. The fraction of sp³-hybridized carbons (Fsp3) is 0.125. The van der Waals surface area contributed by atoms with Crippen molar-refractivity contribution in [3.8, 4) is 0 Å². The van der Waals surface area contributed by atoms with Crippen molar-refractivity contribution in [1.29, 1.82) is 0 Å². The fourth-order valence-corrected chi connectivity index (χ4v) is 1.85. The molecule has 2 aromatic carbocycles. The predicted molar refractivity (Wildman–Crippen MR) is 76.7 cm³/mol. The Morgan fingerprint density at radius 3 is 2.35 bits per heavy atom. The molecule has 0 fully saturated rings. The van der Waals surface area contributed by atoms with Gasteiger partial charge in [0.05, 0.1) is 16.8 Å². The van der Waals surface area contributed by atoms with Crippen molar-refractivity contribution in [2.75, 3.05) is 11.9 Å². The van der Waals surface area contributed by atoms with E-state index in [9.17, 15) is 35.9 Å². The van der Waals surface area contributed by atoms with Crippen molar-refractivity contribution in [3.05, 3.63) is 65.0 Å². The number of amides is 1. The number of ether oxygens (including phenoxy) is 1. The SMILES string of the molecule is O=C(COC(=O)c1cccc(C(F)(F)F)c1)Nc1ccc(F)c(F)c1F. The van der Waals surface area contributed by atoms with Gasteiger partial charge in [-0.15, -0.1) is 0 Å². The maximum Gasteiger partial charge on any atom is 0.416 e. The third-order valence-electron chi connectivity index (χ3n) is 3.07. The summed E-state index contributed by atoms with van der Waals surface area (Å²) in [6, 6.07) is 4.63. The first-order valence-corrected chi connectivity index (χ1v) is 6.87. The average Bonchev–Trinajstić information content (AvgIpc) is 2.59. The molecule has 138 valence electrons. The van der Waals surface area contributed by atoms with Crippen LogP contribution in [0.15, 0.2) is 36.4 Å². The number of hydrogen-bond acceptors (Lipinski definition) is 3. The summed E-state index contributed by atoms with van der Waals surface area (Å²) in [5.41, 5.74) is -2.23. The van der Waals surface area contributed by atoms with Crippen molar-refractivity contribution in [2.24, 2.45) is 0 Å². The lowest BCUT2D eigenvalue weighted by atomic mass is 10.1. The Morgan fingerprint density at radius 2 is 1.69 bits per heavy atom. The molecule has 0 saturated heterocycles. The maximum absolute atomic E-state index is 13.4. The highest BCUT2D eigenvalue weighted by molar-refractivity contribution is 5.95. The van der Waals surface area contributed by atoms with E-state index in [4.69, 9.17) is 0 Å². The Balaban J connectivity index is 2.00. The summed E-state index contributed by atoms with van der Waals surface area (Å²) < 4.78 is 81.5. The largest absolute Gasteiger partial charge is 0.452 e. The Labute approximate surface area is 142 Å². The third kappa shape index (κ3) is 4.52. The van der Waals surface area contributed by atoms with Gasteiger partial charge in [0, 0.05) is 0 Å². The van der Waals surface area contributed by atoms with Gasteiger partial charge >= 0.3 is 12.1 Å². The van der Waals surface area contributed by atoms with E-state index >= 15 is 0 Å². The lowest BCUT2D eigenvalue weighted by Crippen LogP contribution is -2.22. The van der Waals surface area contributed by atoms with Crippen LogP contribution in [0.3, 0.4) is 0 Å². The van der Waals surface area contributed by atoms with Gasteiger partial charge in [0.1, 0.15) is 0 Å². The van der Waals surface area contributed by atoms with Crippen molar-refractivity contribution in [2.45, 2.75) is 6.18 Å². The van der Waals surface area contributed by atoms with Crippen molar-refractivity contribution in [3.63, 3.8) is 0 Å². The minimum Gasteiger partial charge on any atom is -0.452 e. The van der Waals surface area contributed by atoms with Gasteiger partial charge in [-0.05, 0) is 30.3 Å². The van der Waals surface area contributed by atoms with Crippen LogP contribution in [0.1, 0.15) is 15.9 Å². The van der Waals surface area contributed by atoms with Crippen LogP contribution in [0, 0.1) is 17.5 Å². The molecule has 2 rings (SSSR count). The van der Waals surface area contributed by atoms with Crippen LogP contribution in [0.25, 0.3) is 0 Å².